The van der Waals surface area contributed by atoms with Crippen molar-refractivity contribution < 1.29 is 9.53 Å². The summed E-state index contributed by atoms with van der Waals surface area (Å²) in [6, 6.07) is 15.7. The zero-order chi connectivity index (χ0) is 16.8. The second kappa shape index (κ2) is 7.82. The Hall–Kier alpha value is -2.55. The molecule has 3 nitrogen and oxygen atoms in total. The summed E-state index contributed by atoms with van der Waals surface area (Å²) in [5.74, 6) is 0.695. The van der Waals surface area contributed by atoms with Gasteiger partial charge in [0.15, 0.2) is 0 Å². The highest BCUT2D eigenvalue weighted by Gasteiger charge is 2.21. The van der Waals surface area contributed by atoms with Crippen molar-refractivity contribution in [2.75, 3.05) is 13.1 Å². The number of carbonyl (C=O) groups excluding carboxylic acids is 1. The smallest absolute Gasteiger partial charge is 0.257 e. The number of benzene rings is 2. The topological polar surface area (TPSA) is 29.5 Å². The molecule has 3 heteroatoms. The first kappa shape index (κ1) is 16.3. The van der Waals surface area contributed by atoms with Crippen LogP contribution in [0.2, 0.25) is 0 Å². The number of rotatable bonds is 5. The molecule has 2 aromatic rings. The molecule has 1 saturated heterocycles. The maximum Gasteiger partial charge on any atom is 0.257 e. The van der Waals surface area contributed by atoms with Crippen molar-refractivity contribution in [1.29, 1.82) is 0 Å². The van der Waals surface area contributed by atoms with E-state index in [1.165, 1.54) is 6.42 Å². The predicted molar refractivity (Wildman–Crippen MR) is 97.1 cm³/mol. The van der Waals surface area contributed by atoms with Crippen LogP contribution < -0.4 is 4.74 Å². The third-order valence-electron chi connectivity index (χ3n) is 4.35. The van der Waals surface area contributed by atoms with Crippen LogP contribution in [0.1, 0.15) is 40.7 Å². The summed E-state index contributed by atoms with van der Waals surface area (Å²) in [5.41, 5.74) is 2.67. The van der Waals surface area contributed by atoms with Gasteiger partial charge in [0.05, 0.1) is 5.56 Å². The maximum atomic E-state index is 12.9. The Bertz CT molecular complexity index is 703. The molecule has 2 aromatic carbocycles. The molecule has 0 N–H and O–H groups in total. The molecule has 0 atom stereocenters. The lowest BCUT2D eigenvalue weighted by atomic mass is 10.1. The largest absolute Gasteiger partial charge is 0.488 e. The normalized spacial score (nSPS) is 14.2. The summed E-state index contributed by atoms with van der Waals surface area (Å²) >= 11 is 0. The van der Waals surface area contributed by atoms with Gasteiger partial charge in [-0.05, 0) is 42.5 Å². The highest BCUT2D eigenvalue weighted by atomic mass is 16.5. The lowest BCUT2D eigenvalue weighted by Gasteiger charge is -2.27. The quantitative estimate of drug-likeness (QED) is 0.809. The minimum absolute atomic E-state index is 0.0633. The van der Waals surface area contributed by atoms with Gasteiger partial charge in [-0.3, -0.25) is 4.79 Å². The minimum Gasteiger partial charge on any atom is -0.488 e. The summed E-state index contributed by atoms with van der Waals surface area (Å²) in [5, 5.41) is 0. The Morgan fingerprint density at radius 1 is 1.08 bits per heavy atom. The van der Waals surface area contributed by atoms with E-state index in [4.69, 9.17) is 4.74 Å². The number of likely N-dealkylation sites (tertiary alicyclic amines) is 1. The molecule has 1 aliphatic rings. The van der Waals surface area contributed by atoms with E-state index in [1.54, 1.807) is 6.08 Å². The Kier molecular flexibility index (Phi) is 5.32. The molecule has 1 fully saturated rings. The Morgan fingerprint density at radius 2 is 1.83 bits per heavy atom. The number of carbonyl (C=O) groups is 1. The standard InChI is InChI=1S/C21H23NO2/c1-2-17-11-12-19(21(23)22-13-7-4-8-14-22)20(15-17)24-16-18-9-5-3-6-10-18/h2-3,5-6,9-12,15H,1,4,7-8,13-14,16H2. The van der Waals surface area contributed by atoms with Gasteiger partial charge in [0, 0.05) is 13.1 Å². The molecular weight excluding hydrogens is 298 g/mol. The molecule has 0 aliphatic carbocycles. The molecule has 24 heavy (non-hydrogen) atoms. The van der Waals surface area contributed by atoms with Crippen LogP contribution in [-0.4, -0.2) is 23.9 Å². The van der Waals surface area contributed by atoms with E-state index in [2.05, 4.69) is 6.58 Å². The Balaban J connectivity index is 1.82. The van der Waals surface area contributed by atoms with E-state index in [-0.39, 0.29) is 5.91 Å². The average molecular weight is 321 g/mol. The van der Waals surface area contributed by atoms with Crippen molar-refractivity contribution in [2.24, 2.45) is 0 Å². The SMILES string of the molecule is C=Cc1ccc(C(=O)N2CCCCC2)c(OCc2ccccc2)c1. The summed E-state index contributed by atoms with van der Waals surface area (Å²) in [7, 11) is 0. The number of nitrogens with zero attached hydrogens (tertiary/aromatic N) is 1. The summed E-state index contributed by atoms with van der Waals surface area (Å²) in [6.45, 7) is 5.92. The zero-order valence-corrected chi connectivity index (χ0v) is 13.9. The number of amides is 1. The van der Waals surface area contributed by atoms with Crippen molar-refractivity contribution in [1.82, 2.24) is 4.90 Å². The van der Waals surface area contributed by atoms with Gasteiger partial charge in [-0.25, -0.2) is 0 Å². The highest BCUT2D eigenvalue weighted by molar-refractivity contribution is 5.97. The fourth-order valence-corrected chi connectivity index (χ4v) is 2.96. The molecule has 1 amide bonds. The lowest BCUT2D eigenvalue weighted by molar-refractivity contribution is 0.0719. The number of piperidine rings is 1. The van der Waals surface area contributed by atoms with Crippen LogP contribution in [0.3, 0.4) is 0 Å². The second-order valence-electron chi connectivity index (χ2n) is 6.09. The van der Waals surface area contributed by atoms with Crippen LogP contribution in [0.15, 0.2) is 55.1 Å². The Morgan fingerprint density at radius 3 is 2.54 bits per heavy atom. The minimum atomic E-state index is 0.0633. The summed E-state index contributed by atoms with van der Waals surface area (Å²) in [6.07, 6.45) is 5.13. The summed E-state index contributed by atoms with van der Waals surface area (Å²) in [4.78, 5) is 14.8. The molecule has 124 valence electrons. The van der Waals surface area contributed by atoms with E-state index < -0.39 is 0 Å². The van der Waals surface area contributed by atoms with Crippen molar-refractivity contribution in [3.8, 4) is 5.75 Å². The number of ether oxygens (including phenoxy) is 1. The molecular formula is C21H23NO2. The molecule has 0 bridgehead atoms. The van der Waals surface area contributed by atoms with Gasteiger partial charge >= 0.3 is 0 Å². The molecule has 1 aliphatic heterocycles. The van der Waals surface area contributed by atoms with Gasteiger partial charge in [-0.15, -0.1) is 0 Å². The molecule has 0 aromatic heterocycles. The van der Waals surface area contributed by atoms with E-state index >= 15 is 0 Å². The molecule has 0 saturated carbocycles. The maximum absolute atomic E-state index is 12.9. The first-order valence-electron chi connectivity index (χ1n) is 8.50. The third-order valence-corrected chi connectivity index (χ3v) is 4.35. The van der Waals surface area contributed by atoms with Crippen LogP contribution in [-0.2, 0) is 6.61 Å². The van der Waals surface area contributed by atoms with Gasteiger partial charge in [-0.2, -0.15) is 0 Å². The summed E-state index contributed by atoms with van der Waals surface area (Å²) < 4.78 is 5.98. The number of hydrogen-bond donors (Lipinski definition) is 0. The third kappa shape index (κ3) is 3.85. The van der Waals surface area contributed by atoms with Crippen LogP contribution in [0, 0.1) is 0 Å². The van der Waals surface area contributed by atoms with Crippen LogP contribution in [0.25, 0.3) is 6.08 Å². The highest BCUT2D eigenvalue weighted by Crippen LogP contribution is 2.25. The second-order valence-corrected chi connectivity index (χ2v) is 6.09. The Labute approximate surface area is 143 Å². The van der Waals surface area contributed by atoms with E-state index in [0.29, 0.717) is 17.9 Å². The number of hydrogen-bond acceptors (Lipinski definition) is 2. The molecule has 1 heterocycles. The predicted octanol–water partition coefficient (Wildman–Crippen LogP) is 4.53. The molecule has 0 spiro atoms. The zero-order valence-electron chi connectivity index (χ0n) is 13.9. The van der Waals surface area contributed by atoms with Gasteiger partial charge in [0.25, 0.3) is 5.91 Å². The lowest BCUT2D eigenvalue weighted by Crippen LogP contribution is -2.35. The van der Waals surface area contributed by atoms with E-state index in [1.807, 2.05) is 53.4 Å². The fraction of sp³-hybridized carbons (Fsp3) is 0.286. The van der Waals surface area contributed by atoms with Crippen LogP contribution >= 0.6 is 0 Å². The van der Waals surface area contributed by atoms with Gasteiger partial charge < -0.3 is 9.64 Å². The average Bonchev–Trinajstić information content (AvgIpc) is 2.67. The first-order chi connectivity index (χ1) is 11.8. The molecule has 3 rings (SSSR count). The van der Waals surface area contributed by atoms with Crippen molar-refractivity contribution >= 4 is 12.0 Å². The van der Waals surface area contributed by atoms with Crippen molar-refractivity contribution in [3.63, 3.8) is 0 Å². The van der Waals surface area contributed by atoms with Crippen LogP contribution in [0.4, 0.5) is 0 Å². The first-order valence-corrected chi connectivity index (χ1v) is 8.50. The monoisotopic (exact) mass is 321 g/mol. The van der Waals surface area contributed by atoms with Crippen molar-refractivity contribution in [2.45, 2.75) is 25.9 Å². The van der Waals surface area contributed by atoms with E-state index in [0.717, 1.165) is 37.1 Å². The van der Waals surface area contributed by atoms with Gasteiger partial charge in [-0.1, -0.05) is 49.1 Å². The molecule has 0 radical (unpaired) electrons. The van der Waals surface area contributed by atoms with Gasteiger partial charge in [0.2, 0.25) is 0 Å². The van der Waals surface area contributed by atoms with Crippen LogP contribution in [0.5, 0.6) is 5.75 Å². The van der Waals surface area contributed by atoms with Crippen molar-refractivity contribution in [3.05, 3.63) is 71.8 Å². The van der Waals surface area contributed by atoms with Gasteiger partial charge in [0.1, 0.15) is 12.4 Å². The fourth-order valence-electron chi connectivity index (χ4n) is 2.96. The van der Waals surface area contributed by atoms with E-state index in [9.17, 15) is 4.79 Å². The molecule has 0 unspecified atom stereocenters.